The first-order valence-electron chi connectivity index (χ1n) is 2.95. The van der Waals surface area contributed by atoms with Gasteiger partial charge in [-0.25, -0.2) is 8.42 Å². The van der Waals surface area contributed by atoms with Gasteiger partial charge in [-0.2, -0.15) is 0 Å². The van der Waals surface area contributed by atoms with E-state index in [-0.39, 0.29) is 12.5 Å². The van der Waals surface area contributed by atoms with Crippen LogP contribution in [0.3, 0.4) is 0 Å². The van der Waals surface area contributed by atoms with E-state index in [0.717, 1.165) is 0 Å². The third-order valence-electron chi connectivity index (χ3n) is 1.23. The van der Waals surface area contributed by atoms with Gasteiger partial charge < -0.3 is 10.5 Å². The van der Waals surface area contributed by atoms with Crippen LogP contribution in [0, 0.1) is 0 Å². The number of hydrogen-bond acceptors (Lipinski definition) is 4. The predicted octanol–water partition coefficient (Wildman–Crippen LogP) is -0.648. The molecule has 0 bridgehead atoms. The van der Waals surface area contributed by atoms with Crippen LogP contribution in [-0.4, -0.2) is 33.3 Å². The third kappa shape index (κ3) is 2.64. The Labute approximate surface area is 61.3 Å². The highest BCUT2D eigenvalue weighted by Crippen LogP contribution is 1.99. The molecule has 62 valence electrons. The molecule has 0 fully saturated rings. The van der Waals surface area contributed by atoms with Crippen molar-refractivity contribution < 1.29 is 13.2 Å². The lowest BCUT2D eigenvalue weighted by molar-refractivity contribution is 0.249. The fourth-order valence-electron chi connectivity index (χ4n) is 0.427. The van der Waals surface area contributed by atoms with E-state index in [1.165, 1.54) is 7.11 Å². The molecule has 0 aromatic carbocycles. The summed E-state index contributed by atoms with van der Waals surface area (Å²) in [6.45, 7) is 1.71. The van der Waals surface area contributed by atoms with Crippen LogP contribution in [0.2, 0.25) is 0 Å². The van der Waals surface area contributed by atoms with E-state index < -0.39 is 15.1 Å². The Morgan fingerprint density at radius 3 is 2.40 bits per heavy atom. The monoisotopic (exact) mass is 167 g/mol. The largest absolute Gasteiger partial charge is 0.369 e. The van der Waals surface area contributed by atoms with Crippen LogP contribution in [0.1, 0.15) is 6.92 Å². The van der Waals surface area contributed by atoms with Crippen molar-refractivity contribution in [2.45, 2.75) is 12.2 Å². The molecule has 0 saturated carbocycles. The molecule has 0 rings (SSSR count). The molecule has 0 heterocycles. The van der Waals surface area contributed by atoms with Crippen LogP contribution in [0.25, 0.3) is 0 Å². The van der Waals surface area contributed by atoms with Gasteiger partial charge >= 0.3 is 0 Å². The third-order valence-corrected chi connectivity index (χ3v) is 3.21. The Hall–Kier alpha value is -0.130. The number of methoxy groups -OCH3 is 1. The summed E-state index contributed by atoms with van der Waals surface area (Å²) in [4.78, 5) is 0. The van der Waals surface area contributed by atoms with E-state index in [0.29, 0.717) is 0 Å². The summed E-state index contributed by atoms with van der Waals surface area (Å²) in [5.41, 5.74) is 5.15. The zero-order valence-corrected chi connectivity index (χ0v) is 7.02. The summed E-state index contributed by atoms with van der Waals surface area (Å²) in [6, 6.07) is 0. The van der Waals surface area contributed by atoms with E-state index in [9.17, 15) is 8.42 Å². The Kier molecular flexibility index (Phi) is 3.85. The summed E-state index contributed by atoms with van der Waals surface area (Å²) in [6.07, 6.45) is 0. The molecule has 0 radical (unpaired) electrons. The maximum absolute atomic E-state index is 11.0. The Morgan fingerprint density at radius 2 is 2.10 bits per heavy atom. The van der Waals surface area contributed by atoms with Gasteiger partial charge in [0.15, 0.2) is 9.84 Å². The fourth-order valence-corrected chi connectivity index (χ4v) is 1.28. The van der Waals surface area contributed by atoms with Crippen molar-refractivity contribution in [3.8, 4) is 0 Å². The van der Waals surface area contributed by atoms with Crippen molar-refractivity contribution in [2.24, 2.45) is 5.73 Å². The number of nitrogens with two attached hydrogens (primary N) is 1. The SMILES string of the molecule is COCS(=O)(=O)C(C)CN. The molecule has 1 atom stereocenters. The lowest BCUT2D eigenvalue weighted by Gasteiger charge is -2.07. The molecule has 0 aliphatic rings. The minimum absolute atomic E-state index is 0.145. The molecular weight excluding hydrogens is 154 g/mol. The smallest absolute Gasteiger partial charge is 0.178 e. The lowest BCUT2D eigenvalue weighted by Crippen LogP contribution is -2.29. The minimum atomic E-state index is -3.11. The van der Waals surface area contributed by atoms with Crippen LogP contribution >= 0.6 is 0 Å². The van der Waals surface area contributed by atoms with E-state index >= 15 is 0 Å². The fraction of sp³-hybridized carbons (Fsp3) is 1.00. The quantitative estimate of drug-likeness (QED) is 0.604. The van der Waals surface area contributed by atoms with Gasteiger partial charge in [0.25, 0.3) is 0 Å². The standard InChI is InChI=1S/C5H13NO3S/c1-5(3-6)10(7,8)4-9-2/h5H,3-4,6H2,1-2H3. The molecule has 0 saturated heterocycles. The van der Waals surface area contributed by atoms with Gasteiger partial charge in [-0.15, -0.1) is 0 Å². The Morgan fingerprint density at radius 1 is 1.60 bits per heavy atom. The molecule has 2 N–H and O–H groups in total. The molecule has 5 heteroatoms. The van der Waals surface area contributed by atoms with Gasteiger partial charge in [0, 0.05) is 13.7 Å². The van der Waals surface area contributed by atoms with E-state index in [1.807, 2.05) is 0 Å². The van der Waals surface area contributed by atoms with Crippen molar-refractivity contribution in [3.63, 3.8) is 0 Å². The molecule has 0 aromatic rings. The number of hydrogen-bond donors (Lipinski definition) is 1. The topological polar surface area (TPSA) is 69.4 Å². The van der Waals surface area contributed by atoms with Gasteiger partial charge in [0.2, 0.25) is 0 Å². The zero-order chi connectivity index (χ0) is 8.20. The van der Waals surface area contributed by atoms with Crippen LogP contribution in [0.15, 0.2) is 0 Å². The highest BCUT2D eigenvalue weighted by Gasteiger charge is 2.17. The maximum atomic E-state index is 11.0. The van der Waals surface area contributed by atoms with Crippen molar-refractivity contribution in [2.75, 3.05) is 19.6 Å². The summed E-state index contributed by atoms with van der Waals surface area (Å²) in [5.74, 6) is -0.245. The molecular formula is C5H13NO3S. The van der Waals surface area contributed by atoms with E-state index in [1.54, 1.807) is 6.92 Å². The highest BCUT2D eigenvalue weighted by molar-refractivity contribution is 7.91. The molecule has 10 heavy (non-hydrogen) atoms. The Bertz CT molecular complexity index is 175. The van der Waals surface area contributed by atoms with E-state index in [4.69, 9.17) is 5.73 Å². The molecule has 0 spiro atoms. The zero-order valence-electron chi connectivity index (χ0n) is 6.20. The first-order chi connectivity index (χ1) is 4.54. The van der Waals surface area contributed by atoms with Crippen molar-refractivity contribution in [1.29, 1.82) is 0 Å². The van der Waals surface area contributed by atoms with Crippen LogP contribution in [-0.2, 0) is 14.6 Å². The van der Waals surface area contributed by atoms with Gasteiger partial charge in [0.05, 0.1) is 5.25 Å². The number of sulfone groups is 1. The first kappa shape index (κ1) is 9.87. The molecule has 0 aromatic heterocycles. The summed E-state index contributed by atoms with van der Waals surface area (Å²) >= 11 is 0. The van der Waals surface area contributed by atoms with Crippen LogP contribution in [0.4, 0.5) is 0 Å². The molecule has 0 aliphatic heterocycles. The average molecular weight is 167 g/mol. The second-order valence-electron chi connectivity index (χ2n) is 2.12. The summed E-state index contributed by atoms with van der Waals surface area (Å²) < 4.78 is 26.4. The molecule has 0 aliphatic carbocycles. The highest BCUT2D eigenvalue weighted by atomic mass is 32.2. The Balaban J connectivity index is 4.12. The minimum Gasteiger partial charge on any atom is -0.369 e. The summed E-state index contributed by atoms with van der Waals surface area (Å²) in [5, 5.41) is -0.507. The normalized spacial score (nSPS) is 15.1. The molecule has 0 amide bonds. The second-order valence-corrected chi connectivity index (χ2v) is 4.48. The van der Waals surface area contributed by atoms with Crippen molar-refractivity contribution in [3.05, 3.63) is 0 Å². The second kappa shape index (κ2) is 3.90. The lowest BCUT2D eigenvalue weighted by atomic mass is 10.5. The molecule has 4 nitrogen and oxygen atoms in total. The van der Waals surface area contributed by atoms with Crippen molar-refractivity contribution in [1.82, 2.24) is 0 Å². The summed E-state index contributed by atoms with van der Waals surface area (Å²) in [7, 11) is -1.76. The number of rotatable bonds is 4. The predicted molar refractivity (Wildman–Crippen MR) is 39.3 cm³/mol. The average Bonchev–Trinajstić information content (AvgIpc) is 1.86. The maximum Gasteiger partial charge on any atom is 0.178 e. The van der Waals surface area contributed by atoms with E-state index in [2.05, 4.69) is 4.74 Å². The van der Waals surface area contributed by atoms with Gasteiger partial charge in [-0.05, 0) is 6.92 Å². The van der Waals surface area contributed by atoms with Crippen LogP contribution in [0.5, 0.6) is 0 Å². The molecule has 1 unspecified atom stereocenters. The van der Waals surface area contributed by atoms with Crippen LogP contribution < -0.4 is 5.73 Å². The first-order valence-corrected chi connectivity index (χ1v) is 4.66. The van der Waals surface area contributed by atoms with Crippen molar-refractivity contribution >= 4 is 9.84 Å². The van der Waals surface area contributed by atoms with Gasteiger partial charge in [0.1, 0.15) is 5.94 Å². The van der Waals surface area contributed by atoms with Gasteiger partial charge in [-0.1, -0.05) is 0 Å². The number of ether oxygens (including phenoxy) is 1. The van der Waals surface area contributed by atoms with Gasteiger partial charge in [-0.3, -0.25) is 0 Å².